The summed E-state index contributed by atoms with van der Waals surface area (Å²) >= 11 is 3.27. The van der Waals surface area contributed by atoms with Crippen LogP contribution in [0.3, 0.4) is 0 Å². The summed E-state index contributed by atoms with van der Waals surface area (Å²) in [4.78, 5) is 40.7. The third-order valence-electron chi connectivity index (χ3n) is 5.29. The van der Waals surface area contributed by atoms with Crippen molar-refractivity contribution in [2.75, 3.05) is 6.26 Å². The van der Waals surface area contributed by atoms with E-state index in [1.807, 2.05) is 30.8 Å². The molecule has 0 fully saturated rings. The topological polar surface area (TPSA) is 129 Å². The van der Waals surface area contributed by atoms with Crippen LogP contribution >= 0.6 is 23.1 Å². The molecular weight excluding hydrogens is 458 g/mol. The first kappa shape index (κ1) is 23.1. The van der Waals surface area contributed by atoms with E-state index in [1.54, 1.807) is 29.2 Å². The van der Waals surface area contributed by atoms with E-state index in [2.05, 4.69) is 37.4 Å². The fourth-order valence-electron chi connectivity index (χ4n) is 3.34. The molecule has 1 aromatic carbocycles. The minimum atomic E-state index is -0.398. The second-order valence-electron chi connectivity index (χ2n) is 7.82. The third kappa shape index (κ3) is 6.26. The largest absolute Gasteiger partial charge is 0.345 e. The summed E-state index contributed by atoms with van der Waals surface area (Å²) in [5, 5.41) is 9.88. The van der Waals surface area contributed by atoms with Gasteiger partial charge in [0.25, 0.3) is 5.91 Å². The quantitative estimate of drug-likeness (QED) is 0.295. The second-order valence-corrected chi connectivity index (χ2v) is 9.81. The molecule has 3 aromatic heterocycles. The molecule has 0 radical (unpaired) electrons. The fourth-order valence-corrected chi connectivity index (χ4v) is 4.68. The van der Waals surface area contributed by atoms with Crippen molar-refractivity contribution in [3.05, 3.63) is 63.3 Å². The molecule has 0 saturated heterocycles. The van der Waals surface area contributed by atoms with Crippen molar-refractivity contribution in [3.8, 4) is 0 Å². The Morgan fingerprint density at radius 3 is 2.73 bits per heavy atom. The number of nitrogens with zero attached hydrogens (tertiary/aromatic N) is 4. The molecule has 0 bridgehead atoms. The predicted octanol–water partition coefficient (Wildman–Crippen LogP) is 3.35. The van der Waals surface area contributed by atoms with Gasteiger partial charge in [0.05, 0.1) is 21.8 Å². The van der Waals surface area contributed by atoms with Gasteiger partial charge in [-0.15, -0.1) is 23.1 Å². The number of nitrogens with one attached hydrogen (secondary N) is 3. The van der Waals surface area contributed by atoms with Crippen LogP contribution in [-0.4, -0.2) is 42.3 Å². The SMILES string of the molecule is CSc1cnc(CC[C@H](C)CCc2nc3ccc(C(=O)NCc4n[nH]c(=O)[nH]4)cc3s2)nc1. The molecule has 0 aliphatic rings. The van der Waals surface area contributed by atoms with Gasteiger partial charge < -0.3 is 5.32 Å². The highest BCUT2D eigenvalue weighted by Gasteiger charge is 2.12. The number of fused-ring (bicyclic) bond motifs is 1. The van der Waals surface area contributed by atoms with Crippen LogP contribution in [0.15, 0.2) is 40.3 Å². The van der Waals surface area contributed by atoms with Gasteiger partial charge in [-0.3, -0.25) is 9.78 Å². The van der Waals surface area contributed by atoms with Gasteiger partial charge in [0.1, 0.15) is 11.6 Å². The molecule has 33 heavy (non-hydrogen) atoms. The van der Waals surface area contributed by atoms with Gasteiger partial charge >= 0.3 is 5.69 Å². The van der Waals surface area contributed by atoms with E-state index in [-0.39, 0.29) is 12.5 Å². The Kier molecular flexibility index (Phi) is 7.50. The molecule has 3 heterocycles. The summed E-state index contributed by atoms with van der Waals surface area (Å²) in [6, 6.07) is 5.50. The third-order valence-corrected chi connectivity index (χ3v) is 7.05. The Labute approximate surface area is 198 Å². The Hall–Kier alpha value is -3.05. The molecule has 1 amide bonds. The number of H-pyrrole nitrogens is 2. The summed E-state index contributed by atoms with van der Waals surface area (Å²) in [7, 11) is 0. The molecule has 11 heteroatoms. The van der Waals surface area contributed by atoms with Crippen LogP contribution in [0.4, 0.5) is 0 Å². The second kappa shape index (κ2) is 10.7. The van der Waals surface area contributed by atoms with Gasteiger partial charge in [-0.05, 0) is 49.6 Å². The number of hydrogen-bond donors (Lipinski definition) is 3. The average molecular weight is 484 g/mol. The number of benzene rings is 1. The zero-order valence-corrected chi connectivity index (χ0v) is 20.1. The highest BCUT2D eigenvalue weighted by molar-refractivity contribution is 7.98. The lowest BCUT2D eigenvalue weighted by atomic mass is 10.00. The lowest BCUT2D eigenvalue weighted by Gasteiger charge is -2.09. The molecule has 4 aromatic rings. The number of hydrogen-bond acceptors (Lipinski definition) is 8. The zero-order chi connectivity index (χ0) is 23.2. The number of thioether (sulfide) groups is 1. The number of aryl methyl sites for hydroxylation is 2. The van der Waals surface area contributed by atoms with Crippen LogP contribution in [-0.2, 0) is 19.4 Å². The van der Waals surface area contributed by atoms with Crippen LogP contribution in [0.2, 0.25) is 0 Å². The number of rotatable bonds is 10. The van der Waals surface area contributed by atoms with Gasteiger partial charge in [-0.25, -0.2) is 24.8 Å². The Morgan fingerprint density at radius 2 is 2.00 bits per heavy atom. The summed E-state index contributed by atoms with van der Waals surface area (Å²) < 4.78 is 0.987. The van der Waals surface area contributed by atoms with Crippen LogP contribution in [0.5, 0.6) is 0 Å². The van der Waals surface area contributed by atoms with Crippen molar-refractivity contribution in [3.63, 3.8) is 0 Å². The molecule has 9 nitrogen and oxygen atoms in total. The first-order chi connectivity index (χ1) is 16.0. The summed E-state index contributed by atoms with van der Waals surface area (Å²) in [6.45, 7) is 2.40. The smallest absolute Gasteiger partial charge is 0.340 e. The maximum Gasteiger partial charge on any atom is 0.340 e. The van der Waals surface area contributed by atoms with E-state index in [1.165, 1.54) is 0 Å². The molecule has 172 valence electrons. The van der Waals surface area contributed by atoms with Crippen LogP contribution in [0, 0.1) is 5.92 Å². The Bertz CT molecular complexity index is 1280. The van der Waals surface area contributed by atoms with Crippen molar-refractivity contribution in [2.45, 2.75) is 44.0 Å². The van der Waals surface area contributed by atoms with Gasteiger partial charge in [0.15, 0.2) is 0 Å². The van der Waals surface area contributed by atoms with E-state index in [9.17, 15) is 9.59 Å². The number of thiazole rings is 1. The molecule has 0 aliphatic heterocycles. The highest BCUT2D eigenvalue weighted by Crippen LogP contribution is 2.26. The molecule has 3 N–H and O–H groups in total. The maximum absolute atomic E-state index is 12.4. The maximum atomic E-state index is 12.4. The van der Waals surface area contributed by atoms with E-state index >= 15 is 0 Å². The number of carbonyl (C=O) groups excluding carboxylic acids is 1. The van der Waals surface area contributed by atoms with Gasteiger partial charge in [0.2, 0.25) is 0 Å². The van der Waals surface area contributed by atoms with Crippen LogP contribution in [0.1, 0.15) is 46.8 Å². The van der Waals surface area contributed by atoms with Gasteiger partial charge in [-0.1, -0.05) is 6.92 Å². The molecule has 0 aliphatic carbocycles. The van der Waals surface area contributed by atoms with Gasteiger partial charge in [0, 0.05) is 29.3 Å². The van der Waals surface area contributed by atoms with E-state index in [0.29, 0.717) is 17.3 Å². The van der Waals surface area contributed by atoms with Crippen molar-refractivity contribution < 1.29 is 4.79 Å². The molecule has 4 rings (SSSR count). The molecule has 0 saturated carbocycles. The van der Waals surface area contributed by atoms with E-state index in [0.717, 1.165) is 51.6 Å². The minimum Gasteiger partial charge on any atom is -0.345 e. The average Bonchev–Trinajstić information content (AvgIpc) is 3.44. The number of amides is 1. The van der Waals surface area contributed by atoms with Gasteiger partial charge in [-0.2, -0.15) is 5.10 Å². The first-order valence-electron chi connectivity index (χ1n) is 10.7. The number of aromatic nitrogens is 6. The Morgan fingerprint density at radius 1 is 1.21 bits per heavy atom. The Balaban J connectivity index is 1.29. The zero-order valence-electron chi connectivity index (χ0n) is 18.4. The van der Waals surface area contributed by atoms with E-state index < -0.39 is 5.69 Å². The highest BCUT2D eigenvalue weighted by atomic mass is 32.2. The van der Waals surface area contributed by atoms with Crippen molar-refractivity contribution in [2.24, 2.45) is 5.92 Å². The summed E-state index contributed by atoms with van der Waals surface area (Å²) in [5.41, 5.74) is 1.06. The molecule has 0 spiro atoms. The monoisotopic (exact) mass is 483 g/mol. The lowest BCUT2D eigenvalue weighted by molar-refractivity contribution is 0.0950. The fraction of sp³-hybridized carbons (Fsp3) is 0.364. The predicted molar refractivity (Wildman–Crippen MR) is 130 cm³/mol. The summed E-state index contributed by atoms with van der Waals surface area (Å²) in [6.07, 6.45) is 9.63. The van der Waals surface area contributed by atoms with E-state index in [4.69, 9.17) is 4.98 Å². The van der Waals surface area contributed by atoms with Crippen LogP contribution < -0.4 is 11.0 Å². The van der Waals surface area contributed by atoms with Crippen molar-refractivity contribution in [1.82, 2.24) is 35.5 Å². The standard InChI is InChI=1S/C22H25N7O2S2/c1-13(3-7-18-23-10-15(32-2)11-24-18)4-8-20-26-16-6-5-14(9-17(16)33-20)21(30)25-12-19-27-22(31)29-28-19/h5-6,9-11,13H,3-4,7-8,12H2,1-2H3,(H,25,30)(H2,27,28,29,31)/t13-/m0/s1. The molecule has 1 atom stereocenters. The first-order valence-corrected chi connectivity index (χ1v) is 12.7. The number of aromatic amines is 2. The van der Waals surface area contributed by atoms with Crippen molar-refractivity contribution in [1.29, 1.82) is 0 Å². The molecular formula is C22H25N7O2S2. The molecule has 0 unspecified atom stereocenters. The normalized spacial score (nSPS) is 12.2. The number of carbonyl (C=O) groups is 1. The lowest BCUT2D eigenvalue weighted by Crippen LogP contribution is -2.23. The van der Waals surface area contributed by atoms with Crippen LogP contribution in [0.25, 0.3) is 10.2 Å². The van der Waals surface area contributed by atoms with Crippen molar-refractivity contribution >= 4 is 39.2 Å². The minimum absolute atomic E-state index is 0.147. The summed E-state index contributed by atoms with van der Waals surface area (Å²) in [5.74, 6) is 1.59.